The molecule has 0 bridgehead atoms. The number of aromatic nitrogens is 2. The number of aliphatic hydroxyl groups is 1. The Hall–Kier alpha value is -2.99. The van der Waals surface area contributed by atoms with Crippen LogP contribution in [-0.2, 0) is 10.4 Å². The maximum Gasteiger partial charge on any atom is 0.280 e. The third-order valence-corrected chi connectivity index (χ3v) is 4.44. The van der Waals surface area contributed by atoms with Gasteiger partial charge in [-0.05, 0) is 24.6 Å². The molecule has 0 aliphatic rings. The van der Waals surface area contributed by atoms with E-state index in [1.807, 2.05) is 6.07 Å². The number of carbonyl (C=O) groups is 1. The lowest BCUT2D eigenvalue weighted by Gasteiger charge is -2.28. The van der Waals surface area contributed by atoms with Crippen molar-refractivity contribution in [3.05, 3.63) is 76.3 Å². The van der Waals surface area contributed by atoms with Gasteiger partial charge < -0.3 is 5.11 Å². The molecule has 0 aliphatic carbocycles. The second-order valence-electron chi connectivity index (χ2n) is 7.72. The van der Waals surface area contributed by atoms with Gasteiger partial charge in [-0.1, -0.05) is 63.2 Å². The van der Waals surface area contributed by atoms with E-state index in [0.717, 1.165) is 4.68 Å². The topological polar surface area (TPSA) is 84.2 Å². The monoisotopic (exact) mass is 365 g/mol. The molecule has 1 unspecified atom stereocenters. The molecule has 0 spiro atoms. The summed E-state index contributed by atoms with van der Waals surface area (Å²) in [6, 6.07) is 15.8. The Labute approximate surface area is 157 Å². The number of hydrogen-bond donors (Lipinski definition) is 2. The Morgan fingerprint density at radius 3 is 2.22 bits per heavy atom. The van der Waals surface area contributed by atoms with Crippen molar-refractivity contribution in [3.63, 3.8) is 0 Å². The quantitative estimate of drug-likeness (QED) is 0.747. The highest BCUT2D eigenvalue weighted by atomic mass is 16.3. The summed E-state index contributed by atoms with van der Waals surface area (Å²) in [7, 11) is 0. The molecule has 6 nitrogen and oxygen atoms in total. The van der Waals surface area contributed by atoms with Crippen LogP contribution in [0.25, 0.3) is 10.9 Å². The number of carbonyl (C=O) groups excluding carboxylic acids is 1. The Morgan fingerprint density at radius 1 is 1.00 bits per heavy atom. The molecule has 1 amide bonds. The van der Waals surface area contributed by atoms with E-state index >= 15 is 0 Å². The van der Waals surface area contributed by atoms with Gasteiger partial charge in [0.1, 0.15) is 5.60 Å². The highest BCUT2D eigenvalue weighted by Gasteiger charge is 2.33. The largest absolute Gasteiger partial charge is 0.377 e. The molecule has 140 valence electrons. The first-order chi connectivity index (χ1) is 12.6. The van der Waals surface area contributed by atoms with Gasteiger partial charge in [0.05, 0.1) is 10.9 Å². The summed E-state index contributed by atoms with van der Waals surface area (Å²) < 4.78 is 1.06. The highest BCUT2D eigenvalue weighted by molar-refractivity contribution is 5.89. The smallest absolute Gasteiger partial charge is 0.280 e. The lowest BCUT2D eigenvalue weighted by Crippen LogP contribution is -2.44. The number of fused-ring (bicyclic) bond motifs is 1. The Kier molecular flexibility index (Phi) is 4.61. The zero-order valence-corrected chi connectivity index (χ0v) is 15.9. The second kappa shape index (κ2) is 6.63. The minimum absolute atomic E-state index is 0.0509. The molecule has 1 atom stereocenters. The maximum atomic E-state index is 13.1. The maximum absolute atomic E-state index is 13.1. The summed E-state index contributed by atoms with van der Waals surface area (Å²) in [6.07, 6.45) is 0. The summed E-state index contributed by atoms with van der Waals surface area (Å²) in [5, 5.41) is 11.6. The molecule has 3 aromatic rings. The van der Waals surface area contributed by atoms with Crippen molar-refractivity contribution in [3.8, 4) is 0 Å². The van der Waals surface area contributed by atoms with Crippen molar-refractivity contribution in [1.82, 2.24) is 9.66 Å². The summed E-state index contributed by atoms with van der Waals surface area (Å²) in [6.45, 7) is 6.79. The van der Waals surface area contributed by atoms with Crippen molar-refractivity contribution in [1.29, 1.82) is 0 Å². The van der Waals surface area contributed by atoms with E-state index in [0.29, 0.717) is 16.5 Å². The fourth-order valence-electron chi connectivity index (χ4n) is 2.72. The van der Waals surface area contributed by atoms with Crippen LogP contribution in [-0.4, -0.2) is 20.7 Å². The van der Waals surface area contributed by atoms with Gasteiger partial charge in [0, 0.05) is 5.41 Å². The SMILES string of the molecule is CC(C)(C)C(=O)Nn1c(C(C)(O)c2ccccc2)nc2ccccc2c1=O. The fourth-order valence-corrected chi connectivity index (χ4v) is 2.72. The van der Waals surface area contributed by atoms with E-state index in [1.54, 1.807) is 76.2 Å². The Balaban J connectivity index is 2.29. The molecular formula is C21H23N3O3. The van der Waals surface area contributed by atoms with Gasteiger partial charge in [-0.25, -0.2) is 4.98 Å². The van der Waals surface area contributed by atoms with Crippen LogP contribution in [0.2, 0.25) is 0 Å². The van der Waals surface area contributed by atoms with E-state index in [4.69, 9.17) is 0 Å². The number of benzene rings is 2. The first kappa shape index (κ1) is 18.8. The predicted molar refractivity (Wildman–Crippen MR) is 105 cm³/mol. The van der Waals surface area contributed by atoms with Crippen molar-refractivity contribution in [2.75, 3.05) is 5.43 Å². The fraction of sp³-hybridized carbons (Fsp3) is 0.286. The zero-order valence-electron chi connectivity index (χ0n) is 15.9. The number of rotatable bonds is 3. The molecule has 3 rings (SSSR count). The van der Waals surface area contributed by atoms with Crippen LogP contribution in [0.1, 0.15) is 39.1 Å². The number of nitrogens with zero attached hydrogens (tertiary/aromatic N) is 2. The second-order valence-corrected chi connectivity index (χ2v) is 7.72. The number of para-hydroxylation sites is 1. The minimum Gasteiger partial charge on any atom is -0.377 e. The van der Waals surface area contributed by atoms with E-state index in [1.165, 1.54) is 0 Å². The van der Waals surface area contributed by atoms with Crippen LogP contribution in [0.3, 0.4) is 0 Å². The minimum atomic E-state index is -1.59. The number of nitrogens with one attached hydrogen (secondary N) is 1. The molecule has 0 radical (unpaired) electrons. The van der Waals surface area contributed by atoms with Gasteiger partial charge >= 0.3 is 0 Å². The van der Waals surface area contributed by atoms with E-state index in [9.17, 15) is 14.7 Å². The predicted octanol–water partition coefficient (Wildman–Crippen LogP) is 2.77. The van der Waals surface area contributed by atoms with E-state index in [-0.39, 0.29) is 11.7 Å². The molecule has 1 aromatic heterocycles. The molecule has 27 heavy (non-hydrogen) atoms. The van der Waals surface area contributed by atoms with Crippen molar-refractivity contribution in [2.24, 2.45) is 5.41 Å². The van der Waals surface area contributed by atoms with Crippen molar-refractivity contribution >= 4 is 16.8 Å². The standard InChI is InChI=1S/C21H23N3O3/c1-20(2,3)19(26)23-24-17(25)15-12-8-9-13-16(15)22-18(24)21(4,27)14-10-6-5-7-11-14/h5-13,27H,1-4H3,(H,23,26). The molecule has 0 saturated carbocycles. The van der Waals surface area contributed by atoms with Crippen molar-refractivity contribution < 1.29 is 9.90 Å². The van der Waals surface area contributed by atoms with Crippen molar-refractivity contribution in [2.45, 2.75) is 33.3 Å². The average Bonchev–Trinajstić information content (AvgIpc) is 2.63. The van der Waals surface area contributed by atoms with E-state index in [2.05, 4.69) is 10.4 Å². The molecule has 6 heteroatoms. The summed E-state index contributed by atoms with van der Waals surface area (Å²) in [5.74, 6) is -0.304. The molecular weight excluding hydrogens is 342 g/mol. The Morgan fingerprint density at radius 2 is 1.59 bits per heavy atom. The molecule has 2 aromatic carbocycles. The average molecular weight is 365 g/mol. The molecule has 1 heterocycles. The Bertz CT molecular complexity index is 1050. The normalized spacial score (nSPS) is 14.0. The highest BCUT2D eigenvalue weighted by Crippen LogP contribution is 2.28. The first-order valence-electron chi connectivity index (χ1n) is 8.74. The van der Waals surface area contributed by atoms with Gasteiger partial charge in [-0.15, -0.1) is 0 Å². The van der Waals surface area contributed by atoms with Crippen LogP contribution < -0.4 is 11.0 Å². The lowest BCUT2D eigenvalue weighted by atomic mass is 9.94. The van der Waals surface area contributed by atoms with Crippen LogP contribution in [0.15, 0.2) is 59.4 Å². The molecule has 0 fully saturated rings. The van der Waals surface area contributed by atoms with Gasteiger partial charge in [-0.3, -0.25) is 15.0 Å². The van der Waals surface area contributed by atoms with E-state index < -0.39 is 16.6 Å². The van der Waals surface area contributed by atoms with Gasteiger partial charge in [0.2, 0.25) is 5.91 Å². The van der Waals surface area contributed by atoms with Gasteiger partial charge in [-0.2, -0.15) is 4.68 Å². The number of amides is 1. The third-order valence-electron chi connectivity index (χ3n) is 4.44. The van der Waals surface area contributed by atoms with Crippen LogP contribution >= 0.6 is 0 Å². The van der Waals surface area contributed by atoms with Gasteiger partial charge in [0.25, 0.3) is 5.56 Å². The van der Waals surface area contributed by atoms with Crippen LogP contribution in [0.4, 0.5) is 0 Å². The molecule has 0 saturated heterocycles. The lowest BCUT2D eigenvalue weighted by molar-refractivity contribution is -0.124. The summed E-state index contributed by atoms with van der Waals surface area (Å²) in [5.41, 5.74) is 0.895. The van der Waals surface area contributed by atoms with Gasteiger partial charge in [0.15, 0.2) is 5.82 Å². The zero-order chi connectivity index (χ0) is 19.8. The summed E-state index contributed by atoms with van der Waals surface area (Å²) in [4.78, 5) is 30.2. The number of hydrogen-bond acceptors (Lipinski definition) is 4. The third kappa shape index (κ3) is 3.48. The first-order valence-corrected chi connectivity index (χ1v) is 8.74. The van der Waals surface area contributed by atoms with Crippen LogP contribution in [0, 0.1) is 5.41 Å². The molecule has 0 aliphatic heterocycles. The van der Waals surface area contributed by atoms with Crippen LogP contribution in [0.5, 0.6) is 0 Å². The summed E-state index contributed by atoms with van der Waals surface area (Å²) >= 11 is 0. The molecule has 2 N–H and O–H groups in total.